The van der Waals surface area contributed by atoms with E-state index in [1.807, 2.05) is 0 Å². The van der Waals surface area contributed by atoms with Crippen LogP contribution in [0.25, 0.3) is 0 Å². The molecular formula is C10H17ClN4O. The molecule has 1 aliphatic heterocycles. The van der Waals surface area contributed by atoms with Gasteiger partial charge in [0.05, 0.1) is 13.1 Å². The largest absolute Gasteiger partial charge is 0.338 e. The number of halogens is 1. The SMILES string of the molecule is Cl.NCc1nc(CN2CC3CCC2C3)no1. The van der Waals surface area contributed by atoms with E-state index in [0.29, 0.717) is 12.4 Å². The molecule has 0 amide bonds. The highest BCUT2D eigenvalue weighted by Crippen LogP contribution is 2.37. The van der Waals surface area contributed by atoms with Crippen LogP contribution in [0.3, 0.4) is 0 Å². The second-order valence-electron chi connectivity index (χ2n) is 4.57. The molecule has 1 aliphatic carbocycles. The number of hydrogen-bond acceptors (Lipinski definition) is 5. The first-order valence-electron chi connectivity index (χ1n) is 5.60. The summed E-state index contributed by atoms with van der Waals surface area (Å²) in [6.07, 6.45) is 4.11. The Morgan fingerprint density at radius 3 is 2.88 bits per heavy atom. The molecular weight excluding hydrogens is 228 g/mol. The molecule has 1 saturated carbocycles. The van der Waals surface area contributed by atoms with E-state index in [0.717, 1.165) is 24.3 Å². The van der Waals surface area contributed by atoms with Gasteiger partial charge in [0.2, 0.25) is 5.89 Å². The molecule has 90 valence electrons. The number of likely N-dealkylation sites (tertiary alicyclic amines) is 1. The Morgan fingerprint density at radius 2 is 2.31 bits per heavy atom. The van der Waals surface area contributed by atoms with Gasteiger partial charge in [-0.05, 0) is 25.2 Å². The van der Waals surface area contributed by atoms with Gasteiger partial charge in [-0.3, -0.25) is 4.90 Å². The van der Waals surface area contributed by atoms with Crippen molar-refractivity contribution >= 4 is 12.4 Å². The lowest BCUT2D eigenvalue weighted by Crippen LogP contribution is -2.31. The van der Waals surface area contributed by atoms with Crippen LogP contribution >= 0.6 is 12.4 Å². The normalized spacial score (nSPS) is 28.3. The van der Waals surface area contributed by atoms with Crippen LogP contribution < -0.4 is 5.73 Å². The second-order valence-corrected chi connectivity index (χ2v) is 4.57. The van der Waals surface area contributed by atoms with Gasteiger partial charge in [-0.2, -0.15) is 4.98 Å². The fraction of sp³-hybridized carbons (Fsp3) is 0.800. The van der Waals surface area contributed by atoms with Crippen LogP contribution in [-0.2, 0) is 13.1 Å². The van der Waals surface area contributed by atoms with Crippen molar-refractivity contribution in [2.45, 2.75) is 38.4 Å². The molecule has 0 radical (unpaired) electrons. The maximum atomic E-state index is 5.42. The van der Waals surface area contributed by atoms with Crippen molar-refractivity contribution in [2.75, 3.05) is 6.54 Å². The minimum Gasteiger partial charge on any atom is -0.338 e. The van der Waals surface area contributed by atoms with E-state index >= 15 is 0 Å². The van der Waals surface area contributed by atoms with Crippen LogP contribution in [0, 0.1) is 5.92 Å². The highest BCUT2D eigenvalue weighted by atomic mass is 35.5. The van der Waals surface area contributed by atoms with Crippen molar-refractivity contribution in [3.05, 3.63) is 11.7 Å². The van der Waals surface area contributed by atoms with E-state index in [4.69, 9.17) is 10.3 Å². The Bertz CT molecular complexity index is 356. The molecule has 16 heavy (non-hydrogen) atoms. The lowest BCUT2D eigenvalue weighted by atomic mass is 10.1. The van der Waals surface area contributed by atoms with E-state index in [1.54, 1.807) is 0 Å². The zero-order valence-electron chi connectivity index (χ0n) is 9.13. The number of aromatic nitrogens is 2. The summed E-state index contributed by atoms with van der Waals surface area (Å²) in [5, 5.41) is 3.93. The molecule has 1 saturated heterocycles. The summed E-state index contributed by atoms with van der Waals surface area (Å²) < 4.78 is 4.99. The van der Waals surface area contributed by atoms with Gasteiger partial charge in [0.25, 0.3) is 0 Å². The van der Waals surface area contributed by atoms with Gasteiger partial charge < -0.3 is 10.3 Å². The van der Waals surface area contributed by atoms with Gasteiger partial charge >= 0.3 is 0 Å². The lowest BCUT2D eigenvalue weighted by Gasteiger charge is -2.24. The molecule has 0 aromatic carbocycles. The minimum atomic E-state index is 0. The summed E-state index contributed by atoms with van der Waals surface area (Å²) >= 11 is 0. The maximum Gasteiger partial charge on any atom is 0.240 e. The molecule has 2 aliphatic rings. The van der Waals surface area contributed by atoms with E-state index in [9.17, 15) is 0 Å². The lowest BCUT2D eigenvalue weighted by molar-refractivity contribution is 0.198. The third-order valence-corrected chi connectivity index (χ3v) is 3.55. The molecule has 2 heterocycles. The molecule has 1 aromatic heterocycles. The molecule has 1 aromatic rings. The molecule has 2 atom stereocenters. The van der Waals surface area contributed by atoms with E-state index in [1.165, 1.54) is 25.8 Å². The first kappa shape index (κ1) is 11.8. The monoisotopic (exact) mass is 244 g/mol. The van der Waals surface area contributed by atoms with Crippen LogP contribution in [0.2, 0.25) is 0 Å². The van der Waals surface area contributed by atoms with E-state index in [2.05, 4.69) is 15.0 Å². The minimum absolute atomic E-state index is 0. The van der Waals surface area contributed by atoms with Crippen LogP contribution in [0.15, 0.2) is 4.52 Å². The Hall–Kier alpha value is -0.650. The van der Waals surface area contributed by atoms with Gasteiger partial charge in [0.1, 0.15) is 0 Å². The number of hydrogen-bond donors (Lipinski definition) is 1. The third kappa shape index (κ3) is 2.07. The predicted molar refractivity (Wildman–Crippen MR) is 61.0 cm³/mol. The number of nitrogens with zero attached hydrogens (tertiary/aromatic N) is 3. The smallest absolute Gasteiger partial charge is 0.240 e. The van der Waals surface area contributed by atoms with Crippen LogP contribution in [0.5, 0.6) is 0 Å². The Kier molecular flexibility index (Phi) is 3.47. The van der Waals surface area contributed by atoms with Crippen molar-refractivity contribution in [3.8, 4) is 0 Å². The fourth-order valence-corrected chi connectivity index (χ4v) is 2.84. The third-order valence-electron chi connectivity index (χ3n) is 3.55. The van der Waals surface area contributed by atoms with Crippen molar-refractivity contribution < 1.29 is 4.52 Å². The quantitative estimate of drug-likeness (QED) is 0.857. The molecule has 2 unspecified atom stereocenters. The topological polar surface area (TPSA) is 68.2 Å². The van der Waals surface area contributed by atoms with Gasteiger partial charge in [-0.25, -0.2) is 0 Å². The van der Waals surface area contributed by atoms with Crippen LogP contribution in [0.4, 0.5) is 0 Å². The van der Waals surface area contributed by atoms with Gasteiger partial charge in [-0.1, -0.05) is 5.16 Å². The Balaban J connectivity index is 0.000000963. The Labute approximate surface area is 101 Å². The van der Waals surface area contributed by atoms with Gasteiger partial charge in [0.15, 0.2) is 5.82 Å². The van der Waals surface area contributed by atoms with Gasteiger partial charge in [0, 0.05) is 12.6 Å². The van der Waals surface area contributed by atoms with Gasteiger partial charge in [-0.15, -0.1) is 12.4 Å². The first-order chi connectivity index (χ1) is 7.35. The standard InChI is InChI=1S/C10H16N4O.ClH/c11-4-10-12-9(13-15-10)6-14-5-7-1-2-8(14)3-7;/h7-8H,1-6,11H2;1H. The summed E-state index contributed by atoms with van der Waals surface area (Å²) in [4.78, 5) is 6.70. The molecule has 2 N–H and O–H groups in total. The first-order valence-corrected chi connectivity index (χ1v) is 5.60. The summed E-state index contributed by atoms with van der Waals surface area (Å²) in [5.74, 6) is 2.23. The van der Waals surface area contributed by atoms with Crippen molar-refractivity contribution in [1.29, 1.82) is 0 Å². The molecule has 3 rings (SSSR count). The zero-order valence-corrected chi connectivity index (χ0v) is 9.95. The average molecular weight is 245 g/mol. The molecule has 0 spiro atoms. The Morgan fingerprint density at radius 1 is 1.44 bits per heavy atom. The van der Waals surface area contributed by atoms with Crippen molar-refractivity contribution in [1.82, 2.24) is 15.0 Å². The molecule has 2 fully saturated rings. The summed E-state index contributed by atoms with van der Waals surface area (Å²) in [5.41, 5.74) is 5.42. The second kappa shape index (κ2) is 4.69. The zero-order chi connectivity index (χ0) is 10.3. The number of fused-ring (bicyclic) bond motifs is 2. The molecule has 2 bridgehead atoms. The van der Waals surface area contributed by atoms with Crippen molar-refractivity contribution in [3.63, 3.8) is 0 Å². The molecule has 5 nitrogen and oxygen atoms in total. The van der Waals surface area contributed by atoms with E-state index in [-0.39, 0.29) is 12.4 Å². The van der Waals surface area contributed by atoms with Crippen LogP contribution in [-0.4, -0.2) is 27.6 Å². The highest BCUT2D eigenvalue weighted by Gasteiger charge is 2.37. The van der Waals surface area contributed by atoms with E-state index < -0.39 is 0 Å². The maximum absolute atomic E-state index is 5.42. The summed E-state index contributed by atoms with van der Waals surface area (Å²) in [7, 11) is 0. The number of piperidine rings is 1. The average Bonchev–Trinajstić information content (AvgIpc) is 2.92. The van der Waals surface area contributed by atoms with Crippen LogP contribution in [0.1, 0.15) is 31.0 Å². The number of rotatable bonds is 3. The summed E-state index contributed by atoms with van der Waals surface area (Å²) in [6, 6.07) is 0.759. The highest BCUT2D eigenvalue weighted by molar-refractivity contribution is 5.85. The summed E-state index contributed by atoms with van der Waals surface area (Å²) in [6.45, 7) is 2.36. The molecule has 6 heteroatoms. The number of nitrogens with two attached hydrogens (primary N) is 1. The predicted octanol–water partition coefficient (Wildman–Crippen LogP) is 0.934. The van der Waals surface area contributed by atoms with Crippen molar-refractivity contribution in [2.24, 2.45) is 11.7 Å². The fourth-order valence-electron chi connectivity index (χ4n) is 2.84.